The summed E-state index contributed by atoms with van der Waals surface area (Å²) in [5.41, 5.74) is 0.00987. The molecule has 7 heteroatoms. The van der Waals surface area contributed by atoms with Crippen LogP contribution in [-0.4, -0.2) is 44.1 Å². The third kappa shape index (κ3) is 3.59. The summed E-state index contributed by atoms with van der Waals surface area (Å²) in [5.74, 6) is 0. The normalized spacial score (nSPS) is 23.5. The van der Waals surface area contributed by atoms with E-state index in [1.807, 2.05) is 27.7 Å². The number of hydrogen-bond donors (Lipinski definition) is 0. The van der Waals surface area contributed by atoms with E-state index in [1.54, 1.807) is 35.6 Å². The van der Waals surface area contributed by atoms with Gasteiger partial charge in [0.05, 0.1) is 16.1 Å². The highest BCUT2D eigenvalue weighted by Crippen LogP contribution is 2.36. The molecule has 0 spiro atoms. The molecule has 0 N–H and O–H groups in total. The molecule has 5 nitrogen and oxygen atoms in total. The average Bonchev–Trinajstić information content (AvgIpc) is 2.83. The molecule has 0 amide bonds. The van der Waals surface area contributed by atoms with Gasteiger partial charge in [0, 0.05) is 13.1 Å². The van der Waals surface area contributed by atoms with Crippen molar-refractivity contribution in [2.75, 3.05) is 7.05 Å². The highest BCUT2D eigenvalue weighted by Gasteiger charge is 2.51. The molecule has 0 bridgehead atoms. The van der Waals surface area contributed by atoms with Gasteiger partial charge in [-0.05, 0) is 58.1 Å². The van der Waals surface area contributed by atoms with Gasteiger partial charge in [0.2, 0.25) is 10.0 Å². The molecular weight excluding hydrogens is 349 g/mol. The van der Waals surface area contributed by atoms with Gasteiger partial charge in [-0.1, -0.05) is 31.4 Å². The van der Waals surface area contributed by atoms with Gasteiger partial charge < -0.3 is 9.31 Å². The Morgan fingerprint density at radius 1 is 0.962 bits per heavy atom. The third-order valence-electron chi connectivity index (χ3n) is 6.17. The standard InChI is InChI=1S/C19H30BNO4S/c1-18(2)19(3,4)25-20(24-18)15-11-13-17(14-12-15)26(22,23)21(5)16-9-7-6-8-10-16/h11-14,16H,6-10H2,1-5H3. The van der Waals surface area contributed by atoms with Crippen molar-refractivity contribution in [2.24, 2.45) is 0 Å². The number of hydrogen-bond acceptors (Lipinski definition) is 4. The second kappa shape index (κ2) is 6.93. The number of nitrogens with zero attached hydrogens (tertiary/aromatic N) is 1. The molecule has 26 heavy (non-hydrogen) atoms. The molecule has 0 aromatic heterocycles. The Morgan fingerprint density at radius 3 is 1.96 bits per heavy atom. The minimum absolute atomic E-state index is 0.108. The molecule has 1 saturated carbocycles. The molecule has 1 heterocycles. The van der Waals surface area contributed by atoms with E-state index in [0.717, 1.165) is 31.1 Å². The molecule has 1 saturated heterocycles. The van der Waals surface area contributed by atoms with Crippen LogP contribution >= 0.6 is 0 Å². The molecule has 2 aliphatic rings. The van der Waals surface area contributed by atoms with Crippen molar-refractivity contribution < 1.29 is 17.7 Å². The summed E-state index contributed by atoms with van der Waals surface area (Å²) in [5, 5.41) is 0. The van der Waals surface area contributed by atoms with Crippen molar-refractivity contribution in [1.29, 1.82) is 0 Å². The first-order valence-electron chi connectivity index (χ1n) is 9.48. The SMILES string of the molecule is CN(C1CCCCC1)S(=O)(=O)c1ccc(B2OC(C)(C)C(C)(C)O2)cc1. The Kier molecular flexibility index (Phi) is 5.30. The van der Waals surface area contributed by atoms with Gasteiger partial charge in [-0.25, -0.2) is 8.42 Å². The molecule has 1 aliphatic heterocycles. The smallest absolute Gasteiger partial charge is 0.399 e. The Hall–Kier alpha value is -0.885. The highest BCUT2D eigenvalue weighted by molar-refractivity contribution is 7.89. The lowest BCUT2D eigenvalue weighted by Crippen LogP contribution is -2.41. The van der Waals surface area contributed by atoms with Crippen molar-refractivity contribution in [2.45, 2.75) is 81.9 Å². The summed E-state index contributed by atoms with van der Waals surface area (Å²) >= 11 is 0. The molecule has 0 unspecified atom stereocenters. The fourth-order valence-electron chi connectivity index (χ4n) is 3.58. The largest absolute Gasteiger partial charge is 0.494 e. The van der Waals surface area contributed by atoms with E-state index in [-0.39, 0.29) is 6.04 Å². The van der Waals surface area contributed by atoms with Crippen LogP contribution < -0.4 is 5.46 Å². The first-order valence-corrected chi connectivity index (χ1v) is 10.9. The Balaban J connectivity index is 1.77. The zero-order valence-electron chi connectivity index (χ0n) is 16.5. The molecular formula is C19H30BNO4S. The van der Waals surface area contributed by atoms with Crippen molar-refractivity contribution in [3.63, 3.8) is 0 Å². The quantitative estimate of drug-likeness (QED) is 0.755. The van der Waals surface area contributed by atoms with Crippen molar-refractivity contribution >= 4 is 22.6 Å². The molecule has 1 aromatic rings. The molecule has 1 aliphatic carbocycles. The molecule has 3 rings (SSSR count). The lowest BCUT2D eigenvalue weighted by atomic mass is 9.79. The van der Waals surface area contributed by atoms with Crippen LogP contribution in [0.5, 0.6) is 0 Å². The zero-order chi connectivity index (χ0) is 19.2. The zero-order valence-corrected chi connectivity index (χ0v) is 17.3. The van der Waals surface area contributed by atoms with Gasteiger partial charge in [-0.15, -0.1) is 0 Å². The first-order chi connectivity index (χ1) is 12.0. The second-order valence-corrected chi connectivity index (χ2v) is 10.5. The van der Waals surface area contributed by atoms with Crippen LogP contribution in [-0.2, 0) is 19.3 Å². The van der Waals surface area contributed by atoms with Crippen LogP contribution in [0.25, 0.3) is 0 Å². The Morgan fingerprint density at radius 2 is 1.46 bits per heavy atom. The van der Waals surface area contributed by atoms with E-state index in [9.17, 15) is 8.42 Å². The fraction of sp³-hybridized carbons (Fsp3) is 0.684. The van der Waals surface area contributed by atoms with Crippen molar-refractivity contribution in [1.82, 2.24) is 4.31 Å². The summed E-state index contributed by atoms with van der Waals surface area (Å²) in [6.45, 7) is 8.02. The predicted octanol–water partition coefficient (Wildman–Crippen LogP) is 2.94. The number of rotatable bonds is 4. The summed E-state index contributed by atoms with van der Waals surface area (Å²) in [6.07, 6.45) is 5.30. The van der Waals surface area contributed by atoms with Gasteiger partial charge in [-0.2, -0.15) is 4.31 Å². The van der Waals surface area contributed by atoms with E-state index in [2.05, 4.69) is 0 Å². The third-order valence-corrected chi connectivity index (χ3v) is 8.10. The van der Waals surface area contributed by atoms with Gasteiger partial charge in [0.15, 0.2) is 0 Å². The second-order valence-electron chi connectivity index (χ2n) is 8.47. The Labute approximate surface area is 158 Å². The molecule has 144 valence electrons. The van der Waals surface area contributed by atoms with E-state index < -0.39 is 28.3 Å². The van der Waals surface area contributed by atoms with E-state index >= 15 is 0 Å². The van der Waals surface area contributed by atoms with Crippen LogP contribution in [0, 0.1) is 0 Å². The van der Waals surface area contributed by atoms with Crippen LogP contribution in [0.1, 0.15) is 59.8 Å². The fourth-order valence-corrected chi connectivity index (χ4v) is 5.00. The lowest BCUT2D eigenvalue weighted by molar-refractivity contribution is 0.00578. The molecule has 2 fully saturated rings. The van der Waals surface area contributed by atoms with Gasteiger partial charge in [0.1, 0.15) is 0 Å². The summed E-state index contributed by atoms with van der Waals surface area (Å²) < 4.78 is 39.5. The first kappa shape index (κ1) is 19.9. The molecule has 0 atom stereocenters. The highest BCUT2D eigenvalue weighted by atomic mass is 32.2. The average molecular weight is 379 g/mol. The van der Waals surface area contributed by atoms with Crippen LogP contribution in [0.3, 0.4) is 0 Å². The summed E-state index contributed by atoms with van der Waals surface area (Å²) in [6, 6.07) is 7.02. The lowest BCUT2D eigenvalue weighted by Gasteiger charge is -2.32. The van der Waals surface area contributed by atoms with E-state index in [1.165, 1.54) is 6.42 Å². The minimum atomic E-state index is -3.47. The van der Waals surface area contributed by atoms with Crippen LogP contribution in [0.2, 0.25) is 0 Å². The Bertz CT molecular complexity index is 723. The van der Waals surface area contributed by atoms with Crippen LogP contribution in [0.15, 0.2) is 29.2 Å². The summed E-state index contributed by atoms with van der Waals surface area (Å²) in [4.78, 5) is 0.325. The van der Waals surface area contributed by atoms with Gasteiger partial charge in [-0.3, -0.25) is 0 Å². The number of benzene rings is 1. The molecule has 0 radical (unpaired) electrons. The van der Waals surface area contributed by atoms with Gasteiger partial charge >= 0.3 is 7.12 Å². The minimum Gasteiger partial charge on any atom is -0.399 e. The monoisotopic (exact) mass is 379 g/mol. The predicted molar refractivity (Wildman–Crippen MR) is 104 cm³/mol. The maximum Gasteiger partial charge on any atom is 0.494 e. The van der Waals surface area contributed by atoms with E-state index in [4.69, 9.17) is 9.31 Å². The van der Waals surface area contributed by atoms with Crippen molar-refractivity contribution in [3.05, 3.63) is 24.3 Å². The summed E-state index contributed by atoms with van der Waals surface area (Å²) in [7, 11) is -2.25. The molecule has 1 aromatic carbocycles. The van der Waals surface area contributed by atoms with Gasteiger partial charge in [0.25, 0.3) is 0 Å². The topological polar surface area (TPSA) is 55.8 Å². The maximum absolute atomic E-state index is 12.9. The van der Waals surface area contributed by atoms with Crippen LogP contribution in [0.4, 0.5) is 0 Å². The van der Waals surface area contributed by atoms with Crippen molar-refractivity contribution in [3.8, 4) is 0 Å². The van der Waals surface area contributed by atoms with E-state index in [0.29, 0.717) is 4.90 Å². The maximum atomic E-state index is 12.9. The number of sulfonamides is 1.